The maximum atomic E-state index is 13.9. The minimum absolute atomic E-state index is 0.157. The lowest BCUT2D eigenvalue weighted by Crippen LogP contribution is -2.39. The Morgan fingerprint density at radius 3 is 2.51 bits per heavy atom. The van der Waals surface area contributed by atoms with Gasteiger partial charge in [-0.1, -0.05) is 29.0 Å². The van der Waals surface area contributed by atoms with Crippen LogP contribution in [0.15, 0.2) is 74.0 Å². The molecule has 222 valence electrons. The van der Waals surface area contributed by atoms with Gasteiger partial charge in [-0.25, -0.2) is 14.6 Å². The first-order valence-electron chi connectivity index (χ1n) is 13.1. The number of halogens is 1. The summed E-state index contributed by atoms with van der Waals surface area (Å²) in [5.74, 6) is 0.555. The van der Waals surface area contributed by atoms with E-state index in [1.54, 1.807) is 68.5 Å². The third-order valence-corrected chi connectivity index (χ3v) is 8.01. The van der Waals surface area contributed by atoms with Crippen LogP contribution in [-0.4, -0.2) is 44.4 Å². The molecule has 12 heteroatoms. The van der Waals surface area contributed by atoms with E-state index in [2.05, 4.69) is 4.99 Å². The van der Waals surface area contributed by atoms with Crippen LogP contribution in [0.4, 0.5) is 0 Å². The minimum Gasteiger partial charge on any atom is -0.493 e. The van der Waals surface area contributed by atoms with E-state index in [1.807, 2.05) is 0 Å². The Kier molecular flexibility index (Phi) is 8.56. The van der Waals surface area contributed by atoms with Crippen molar-refractivity contribution in [2.75, 3.05) is 27.9 Å². The van der Waals surface area contributed by atoms with Crippen molar-refractivity contribution in [2.45, 2.75) is 19.9 Å². The van der Waals surface area contributed by atoms with E-state index in [0.29, 0.717) is 54.2 Å². The van der Waals surface area contributed by atoms with Gasteiger partial charge in [0.25, 0.3) is 5.56 Å². The van der Waals surface area contributed by atoms with Crippen molar-refractivity contribution >= 4 is 41.0 Å². The lowest BCUT2D eigenvalue weighted by atomic mass is 9.95. The quantitative estimate of drug-likeness (QED) is 0.263. The second-order valence-corrected chi connectivity index (χ2v) is 10.7. The SMILES string of the molecule is CCOC(=O)C1=C(C)N=c2s/c(=C/c3ccc(-c4cc(Cl)ccc4C(=O)OC)o3)c(=O)n2[C@H]1c1ccc(OC)c(OC)c1. The molecule has 1 aliphatic heterocycles. The molecule has 0 saturated carbocycles. The van der Waals surface area contributed by atoms with Gasteiger partial charge in [0.2, 0.25) is 0 Å². The van der Waals surface area contributed by atoms with E-state index >= 15 is 0 Å². The standard InChI is InChI=1S/C31H27ClN2O8S/c1-6-41-30(37)26-16(2)33-31-34(27(26)17-7-11-23(38-3)24(13-17)39-4)28(35)25(43-31)15-19-9-12-22(42-19)21-14-18(32)8-10-20(21)29(36)40-5/h7-15,27H,6H2,1-5H3/b25-15+/t27-/m0/s1. The largest absolute Gasteiger partial charge is 0.493 e. The van der Waals surface area contributed by atoms with Crippen molar-refractivity contribution in [3.8, 4) is 22.8 Å². The van der Waals surface area contributed by atoms with E-state index in [4.69, 9.17) is 35.0 Å². The molecule has 0 bridgehead atoms. The minimum atomic E-state index is -0.835. The number of carbonyl (C=O) groups is 2. The number of thiazole rings is 1. The molecule has 4 aromatic rings. The molecule has 10 nitrogen and oxygen atoms in total. The van der Waals surface area contributed by atoms with Crippen LogP contribution in [-0.2, 0) is 14.3 Å². The van der Waals surface area contributed by atoms with Gasteiger partial charge >= 0.3 is 11.9 Å². The number of fused-ring (bicyclic) bond motifs is 1. The van der Waals surface area contributed by atoms with E-state index in [1.165, 1.54) is 25.9 Å². The molecular formula is C31H27ClN2O8S. The summed E-state index contributed by atoms with van der Waals surface area (Å²) >= 11 is 7.34. The first-order chi connectivity index (χ1) is 20.7. The van der Waals surface area contributed by atoms with Gasteiger partial charge in [0.1, 0.15) is 11.5 Å². The number of furan rings is 1. The number of esters is 2. The highest BCUT2D eigenvalue weighted by molar-refractivity contribution is 7.07. The van der Waals surface area contributed by atoms with Crippen molar-refractivity contribution in [2.24, 2.45) is 4.99 Å². The Morgan fingerprint density at radius 2 is 1.81 bits per heavy atom. The van der Waals surface area contributed by atoms with Crippen LogP contribution in [0.3, 0.4) is 0 Å². The van der Waals surface area contributed by atoms with Gasteiger partial charge in [0.05, 0.1) is 55.3 Å². The van der Waals surface area contributed by atoms with Crippen LogP contribution in [0.2, 0.25) is 5.02 Å². The van der Waals surface area contributed by atoms with Gasteiger partial charge in [0.15, 0.2) is 16.3 Å². The van der Waals surface area contributed by atoms with Crippen LogP contribution in [0.25, 0.3) is 17.4 Å². The van der Waals surface area contributed by atoms with Crippen molar-refractivity contribution in [1.82, 2.24) is 4.57 Å². The zero-order valence-corrected chi connectivity index (χ0v) is 25.5. The zero-order valence-electron chi connectivity index (χ0n) is 23.9. The summed E-state index contributed by atoms with van der Waals surface area (Å²) in [5, 5.41) is 0.414. The number of aromatic nitrogens is 1. The molecule has 2 aromatic carbocycles. The van der Waals surface area contributed by atoms with Crippen LogP contribution in [0, 0.1) is 0 Å². The maximum Gasteiger partial charge on any atom is 0.338 e. The number of benzene rings is 2. The molecule has 0 fully saturated rings. The molecule has 0 N–H and O–H groups in total. The van der Waals surface area contributed by atoms with Crippen molar-refractivity contribution < 1.29 is 33.0 Å². The molecule has 3 heterocycles. The van der Waals surface area contributed by atoms with Crippen LogP contribution >= 0.6 is 22.9 Å². The van der Waals surface area contributed by atoms with E-state index in [9.17, 15) is 14.4 Å². The topological polar surface area (TPSA) is 119 Å². The van der Waals surface area contributed by atoms with Crippen LogP contribution < -0.4 is 24.4 Å². The monoisotopic (exact) mass is 622 g/mol. The molecule has 0 radical (unpaired) electrons. The molecule has 0 saturated heterocycles. The third kappa shape index (κ3) is 5.61. The second kappa shape index (κ2) is 12.3. The summed E-state index contributed by atoms with van der Waals surface area (Å²) in [6, 6.07) is 12.5. The van der Waals surface area contributed by atoms with Crippen LogP contribution in [0.5, 0.6) is 11.5 Å². The summed E-state index contributed by atoms with van der Waals surface area (Å²) in [5.41, 5.74) is 1.63. The Morgan fingerprint density at radius 1 is 1.05 bits per heavy atom. The highest BCUT2D eigenvalue weighted by Gasteiger charge is 2.34. The van der Waals surface area contributed by atoms with Gasteiger partial charge in [0, 0.05) is 16.7 Å². The Labute approximate surface area is 255 Å². The van der Waals surface area contributed by atoms with Gasteiger partial charge in [-0.05, 0) is 61.9 Å². The number of nitrogens with zero attached hydrogens (tertiary/aromatic N) is 2. The van der Waals surface area contributed by atoms with Gasteiger partial charge in [-0.15, -0.1) is 0 Å². The highest BCUT2D eigenvalue weighted by Crippen LogP contribution is 2.36. The molecule has 1 aliphatic rings. The zero-order chi connectivity index (χ0) is 30.8. The van der Waals surface area contributed by atoms with E-state index in [0.717, 1.165) is 11.3 Å². The first-order valence-corrected chi connectivity index (χ1v) is 14.3. The molecular weight excluding hydrogens is 596 g/mol. The Hall–Kier alpha value is -4.61. The van der Waals surface area contributed by atoms with Crippen LogP contribution in [0.1, 0.15) is 41.6 Å². The Bertz CT molecular complexity index is 1950. The van der Waals surface area contributed by atoms with Crippen molar-refractivity contribution in [1.29, 1.82) is 0 Å². The summed E-state index contributed by atoms with van der Waals surface area (Å²) < 4.78 is 28.9. The lowest BCUT2D eigenvalue weighted by molar-refractivity contribution is -0.139. The fourth-order valence-electron chi connectivity index (χ4n) is 4.84. The molecule has 0 spiro atoms. The number of allylic oxidation sites excluding steroid dienone is 1. The fourth-order valence-corrected chi connectivity index (χ4v) is 6.04. The number of hydrogen-bond acceptors (Lipinski definition) is 10. The highest BCUT2D eigenvalue weighted by atomic mass is 35.5. The smallest absolute Gasteiger partial charge is 0.338 e. The van der Waals surface area contributed by atoms with Gasteiger partial charge < -0.3 is 23.4 Å². The third-order valence-electron chi connectivity index (χ3n) is 6.79. The van der Waals surface area contributed by atoms with Crippen molar-refractivity contribution in [3.05, 3.63) is 101 Å². The predicted octanol–water partition coefficient (Wildman–Crippen LogP) is 4.52. The van der Waals surface area contributed by atoms with Gasteiger partial charge in [-0.2, -0.15) is 0 Å². The molecule has 5 rings (SSSR count). The molecule has 0 amide bonds. The fraction of sp³-hybridized carbons (Fsp3) is 0.226. The molecule has 1 atom stereocenters. The summed E-state index contributed by atoms with van der Waals surface area (Å²) in [7, 11) is 4.32. The maximum absolute atomic E-state index is 13.9. The number of hydrogen-bond donors (Lipinski definition) is 0. The summed E-state index contributed by atoms with van der Waals surface area (Å²) in [6.45, 7) is 3.58. The second-order valence-electron chi connectivity index (χ2n) is 9.30. The Balaban J connectivity index is 1.65. The van der Waals surface area contributed by atoms with E-state index < -0.39 is 18.0 Å². The normalized spacial score (nSPS) is 14.7. The summed E-state index contributed by atoms with van der Waals surface area (Å²) in [4.78, 5) is 44.4. The number of rotatable bonds is 8. The summed E-state index contributed by atoms with van der Waals surface area (Å²) in [6.07, 6.45) is 1.59. The molecule has 0 unspecified atom stereocenters. The molecule has 0 aliphatic carbocycles. The number of ether oxygens (including phenoxy) is 4. The lowest BCUT2D eigenvalue weighted by Gasteiger charge is -2.25. The van der Waals surface area contributed by atoms with E-state index in [-0.39, 0.29) is 23.3 Å². The average molecular weight is 623 g/mol. The number of methoxy groups -OCH3 is 3. The average Bonchev–Trinajstić information content (AvgIpc) is 3.59. The van der Waals surface area contributed by atoms with Gasteiger partial charge in [-0.3, -0.25) is 9.36 Å². The van der Waals surface area contributed by atoms with Crippen molar-refractivity contribution in [3.63, 3.8) is 0 Å². The molecule has 43 heavy (non-hydrogen) atoms. The molecule has 2 aromatic heterocycles. The first kappa shape index (κ1) is 29.9. The predicted molar refractivity (Wildman–Crippen MR) is 160 cm³/mol. The number of carbonyl (C=O) groups excluding carboxylic acids is 2.